The van der Waals surface area contributed by atoms with Crippen LogP contribution < -0.4 is 4.74 Å². The normalized spacial score (nSPS) is 11.0. The lowest BCUT2D eigenvalue weighted by Gasteiger charge is -2.09. The van der Waals surface area contributed by atoms with Crippen LogP contribution in [0.4, 0.5) is 4.39 Å². The number of aryl methyl sites for hydroxylation is 1. The molecule has 0 fully saturated rings. The maximum absolute atomic E-state index is 14.4. The summed E-state index contributed by atoms with van der Waals surface area (Å²) in [6, 6.07) is 13.6. The Morgan fingerprint density at radius 1 is 0.676 bits per heavy atom. The van der Waals surface area contributed by atoms with Crippen molar-refractivity contribution in [3.63, 3.8) is 0 Å². The van der Waals surface area contributed by atoms with E-state index in [4.69, 9.17) is 4.74 Å². The lowest BCUT2D eigenvalue weighted by molar-refractivity contribution is 0.291. The van der Waals surface area contributed by atoms with E-state index in [-0.39, 0.29) is 5.82 Å². The molecule has 1 aromatic heterocycles. The van der Waals surface area contributed by atoms with E-state index < -0.39 is 0 Å². The average Bonchev–Trinajstić information content (AvgIpc) is 2.87. The molecule has 0 saturated heterocycles. The summed E-state index contributed by atoms with van der Waals surface area (Å²) >= 11 is 0. The van der Waals surface area contributed by atoms with Crippen molar-refractivity contribution in [1.29, 1.82) is 0 Å². The first-order chi connectivity index (χ1) is 16.7. The Morgan fingerprint density at radius 3 is 1.91 bits per heavy atom. The van der Waals surface area contributed by atoms with Crippen molar-refractivity contribution in [3.05, 3.63) is 66.2 Å². The Bertz CT molecular complexity index is 970. The standard InChI is InChI=1S/C30H39FN2O/c1-3-5-7-8-9-10-11-13-24-14-16-25(17-15-24)28-22-33-29(23-32-28)26-18-19-30(27(31)21-26)34-20-12-6-4-2/h14-19,21-23H,3-13,20H2,1-2H3. The van der Waals surface area contributed by atoms with Gasteiger partial charge in [0.2, 0.25) is 0 Å². The molecule has 0 radical (unpaired) electrons. The first-order valence-electron chi connectivity index (χ1n) is 13.0. The number of hydrogen-bond donors (Lipinski definition) is 0. The molecule has 0 saturated carbocycles. The fourth-order valence-electron chi connectivity index (χ4n) is 4.07. The second-order valence-corrected chi connectivity index (χ2v) is 9.06. The van der Waals surface area contributed by atoms with Gasteiger partial charge in [0.25, 0.3) is 0 Å². The number of aromatic nitrogens is 2. The SMILES string of the molecule is CCCCCCCCCc1ccc(-c2cnc(-c3ccc(OCCCCC)c(F)c3)cn2)cc1. The van der Waals surface area contributed by atoms with E-state index in [1.54, 1.807) is 18.5 Å². The van der Waals surface area contributed by atoms with Crippen molar-refractivity contribution in [2.75, 3.05) is 6.61 Å². The number of rotatable bonds is 15. The van der Waals surface area contributed by atoms with Crippen molar-refractivity contribution in [3.8, 4) is 28.3 Å². The summed E-state index contributed by atoms with van der Waals surface area (Å²) in [5.41, 5.74) is 4.58. The lowest BCUT2D eigenvalue weighted by Crippen LogP contribution is -1.99. The Balaban J connectivity index is 1.51. The van der Waals surface area contributed by atoms with Crippen molar-refractivity contribution in [2.24, 2.45) is 0 Å². The van der Waals surface area contributed by atoms with E-state index in [9.17, 15) is 4.39 Å². The number of halogens is 1. The molecule has 4 heteroatoms. The van der Waals surface area contributed by atoms with Gasteiger partial charge in [0, 0.05) is 11.1 Å². The quantitative estimate of drug-likeness (QED) is 0.212. The van der Waals surface area contributed by atoms with Crippen LogP contribution in [0, 0.1) is 5.82 Å². The summed E-state index contributed by atoms with van der Waals surface area (Å²) in [6.45, 7) is 4.93. The molecule has 0 aliphatic carbocycles. The second kappa shape index (κ2) is 14.5. The largest absolute Gasteiger partial charge is 0.491 e. The zero-order valence-corrected chi connectivity index (χ0v) is 20.9. The lowest BCUT2D eigenvalue weighted by atomic mass is 10.0. The van der Waals surface area contributed by atoms with E-state index in [0.717, 1.165) is 36.9 Å². The van der Waals surface area contributed by atoms with Crippen LogP contribution in [0.5, 0.6) is 5.75 Å². The Labute approximate surface area is 204 Å². The third-order valence-electron chi connectivity index (χ3n) is 6.20. The number of ether oxygens (including phenoxy) is 1. The summed E-state index contributed by atoms with van der Waals surface area (Å²) in [4.78, 5) is 9.10. The van der Waals surface area contributed by atoms with Gasteiger partial charge in [-0.3, -0.25) is 9.97 Å². The highest BCUT2D eigenvalue weighted by atomic mass is 19.1. The minimum Gasteiger partial charge on any atom is -0.491 e. The molecule has 0 aliphatic heterocycles. The summed E-state index contributed by atoms with van der Waals surface area (Å²) in [5, 5.41) is 0. The zero-order valence-electron chi connectivity index (χ0n) is 20.9. The third-order valence-corrected chi connectivity index (χ3v) is 6.20. The summed E-state index contributed by atoms with van der Waals surface area (Å²) in [5.74, 6) is -0.0718. The van der Waals surface area contributed by atoms with Crippen LogP contribution in [0.1, 0.15) is 83.6 Å². The maximum Gasteiger partial charge on any atom is 0.165 e. The number of nitrogens with zero attached hydrogens (tertiary/aromatic N) is 2. The Kier molecular flexibility index (Phi) is 11.0. The smallest absolute Gasteiger partial charge is 0.165 e. The van der Waals surface area contributed by atoms with Gasteiger partial charge >= 0.3 is 0 Å². The molecular weight excluding hydrogens is 423 g/mol. The van der Waals surface area contributed by atoms with Crippen molar-refractivity contribution >= 4 is 0 Å². The van der Waals surface area contributed by atoms with Gasteiger partial charge in [-0.25, -0.2) is 4.39 Å². The molecule has 0 aliphatic rings. The van der Waals surface area contributed by atoms with E-state index in [1.165, 1.54) is 56.6 Å². The molecule has 0 N–H and O–H groups in total. The molecule has 182 valence electrons. The summed E-state index contributed by atoms with van der Waals surface area (Å²) in [6.07, 6.45) is 17.0. The molecule has 3 aromatic rings. The molecule has 0 bridgehead atoms. The van der Waals surface area contributed by atoms with Crippen LogP contribution >= 0.6 is 0 Å². The minimum atomic E-state index is -0.364. The Hall–Kier alpha value is -2.75. The van der Waals surface area contributed by atoms with E-state index >= 15 is 0 Å². The highest BCUT2D eigenvalue weighted by molar-refractivity contribution is 5.63. The van der Waals surface area contributed by atoms with Gasteiger partial charge in [0.15, 0.2) is 11.6 Å². The van der Waals surface area contributed by atoms with Gasteiger partial charge in [-0.1, -0.05) is 89.5 Å². The molecule has 0 spiro atoms. The molecule has 1 heterocycles. The average molecular weight is 463 g/mol. The number of hydrogen-bond acceptors (Lipinski definition) is 3. The van der Waals surface area contributed by atoms with Crippen molar-refractivity contribution in [2.45, 2.75) is 84.5 Å². The van der Waals surface area contributed by atoms with E-state index in [1.807, 2.05) is 6.07 Å². The third kappa shape index (κ3) is 8.23. The van der Waals surface area contributed by atoms with Crippen LogP contribution in [0.15, 0.2) is 54.9 Å². The molecule has 3 rings (SSSR count). The van der Waals surface area contributed by atoms with E-state index in [2.05, 4.69) is 48.1 Å². The van der Waals surface area contributed by atoms with Crippen LogP contribution in [0.25, 0.3) is 22.5 Å². The van der Waals surface area contributed by atoms with Crippen LogP contribution in [-0.4, -0.2) is 16.6 Å². The first kappa shape index (κ1) is 25.9. The molecule has 3 nitrogen and oxygen atoms in total. The summed E-state index contributed by atoms with van der Waals surface area (Å²) < 4.78 is 20.0. The predicted molar refractivity (Wildman–Crippen MR) is 140 cm³/mol. The number of unbranched alkanes of at least 4 members (excludes halogenated alkanes) is 8. The highest BCUT2D eigenvalue weighted by Crippen LogP contribution is 2.26. The van der Waals surface area contributed by atoms with Gasteiger partial charge in [-0.05, 0) is 43.0 Å². The van der Waals surface area contributed by atoms with Gasteiger partial charge in [-0.15, -0.1) is 0 Å². The molecule has 2 aromatic carbocycles. The predicted octanol–water partition coefficient (Wildman–Crippen LogP) is 8.81. The Morgan fingerprint density at radius 2 is 1.26 bits per heavy atom. The molecule has 0 atom stereocenters. The van der Waals surface area contributed by atoms with Gasteiger partial charge in [0.05, 0.1) is 30.4 Å². The topological polar surface area (TPSA) is 35.0 Å². The molecule has 0 unspecified atom stereocenters. The van der Waals surface area contributed by atoms with Crippen LogP contribution in [0.3, 0.4) is 0 Å². The highest BCUT2D eigenvalue weighted by Gasteiger charge is 2.09. The molecular formula is C30H39FN2O. The fourth-order valence-corrected chi connectivity index (χ4v) is 4.07. The fraction of sp³-hybridized carbons (Fsp3) is 0.467. The van der Waals surface area contributed by atoms with Gasteiger partial charge in [-0.2, -0.15) is 0 Å². The van der Waals surface area contributed by atoms with Crippen LogP contribution in [0.2, 0.25) is 0 Å². The first-order valence-corrected chi connectivity index (χ1v) is 13.0. The van der Waals surface area contributed by atoms with Crippen molar-refractivity contribution in [1.82, 2.24) is 9.97 Å². The summed E-state index contributed by atoms with van der Waals surface area (Å²) in [7, 11) is 0. The molecule has 0 amide bonds. The van der Waals surface area contributed by atoms with Crippen molar-refractivity contribution < 1.29 is 9.13 Å². The maximum atomic E-state index is 14.4. The second-order valence-electron chi connectivity index (χ2n) is 9.06. The van der Waals surface area contributed by atoms with Gasteiger partial charge < -0.3 is 4.74 Å². The molecule has 34 heavy (non-hydrogen) atoms. The zero-order chi connectivity index (χ0) is 24.0. The number of benzene rings is 2. The van der Waals surface area contributed by atoms with E-state index in [0.29, 0.717) is 23.6 Å². The monoisotopic (exact) mass is 462 g/mol. The van der Waals surface area contributed by atoms with Crippen LogP contribution in [-0.2, 0) is 6.42 Å². The minimum absolute atomic E-state index is 0.293. The van der Waals surface area contributed by atoms with Gasteiger partial charge in [0.1, 0.15) is 0 Å².